The van der Waals surface area contributed by atoms with E-state index in [1.807, 2.05) is 6.92 Å². The first-order valence-corrected chi connectivity index (χ1v) is 8.48. The molecule has 0 radical (unpaired) electrons. The molecule has 1 rings (SSSR count). The number of benzene rings is 1. The van der Waals surface area contributed by atoms with E-state index >= 15 is 0 Å². The SMILES string of the molecule is C=CN/C(=C\C(=C)N(C)c1cc(C=C)c(C#N)cc1CCCC)C(F)(F)F. The van der Waals surface area contributed by atoms with Crippen LogP contribution in [0.2, 0.25) is 0 Å². The van der Waals surface area contributed by atoms with Gasteiger partial charge in [0.1, 0.15) is 5.70 Å². The summed E-state index contributed by atoms with van der Waals surface area (Å²) in [6, 6.07) is 5.65. The number of allylic oxidation sites excluding steroid dienone is 2. The Hall–Kier alpha value is -2.94. The lowest BCUT2D eigenvalue weighted by atomic mass is 9.98. The van der Waals surface area contributed by atoms with E-state index in [9.17, 15) is 18.4 Å². The predicted octanol–water partition coefficient (Wildman–Crippen LogP) is 5.67. The number of likely N-dealkylation sites (N-methyl/N-ethyl adjacent to an activating group) is 1. The van der Waals surface area contributed by atoms with Gasteiger partial charge in [-0.3, -0.25) is 0 Å². The first-order valence-electron chi connectivity index (χ1n) is 8.48. The minimum atomic E-state index is -4.56. The Labute approximate surface area is 158 Å². The summed E-state index contributed by atoms with van der Waals surface area (Å²) in [5.74, 6) is 0. The fourth-order valence-electron chi connectivity index (χ4n) is 2.53. The first-order chi connectivity index (χ1) is 12.7. The van der Waals surface area contributed by atoms with Crippen LogP contribution < -0.4 is 10.2 Å². The van der Waals surface area contributed by atoms with Crippen LogP contribution in [-0.2, 0) is 6.42 Å². The number of nitriles is 1. The van der Waals surface area contributed by atoms with Crippen LogP contribution in [0.1, 0.15) is 36.5 Å². The van der Waals surface area contributed by atoms with Crippen molar-refractivity contribution in [2.45, 2.75) is 32.4 Å². The second kappa shape index (κ2) is 9.67. The number of rotatable bonds is 9. The Morgan fingerprint density at radius 1 is 1.33 bits per heavy atom. The summed E-state index contributed by atoms with van der Waals surface area (Å²) in [5.41, 5.74) is 1.87. The maximum absolute atomic E-state index is 13.1. The van der Waals surface area contributed by atoms with Crippen molar-refractivity contribution in [1.29, 1.82) is 5.26 Å². The summed E-state index contributed by atoms with van der Waals surface area (Å²) in [6.07, 6.45) is 1.45. The van der Waals surface area contributed by atoms with Gasteiger partial charge < -0.3 is 10.2 Å². The molecule has 1 N–H and O–H groups in total. The van der Waals surface area contributed by atoms with Crippen molar-refractivity contribution in [3.05, 3.63) is 72.2 Å². The third-order valence-electron chi connectivity index (χ3n) is 4.06. The summed E-state index contributed by atoms with van der Waals surface area (Å²) >= 11 is 0. The molecule has 1 aromatic carbocycles. The van der Waals surface area contributed by atoms with Gasteiger partial charge in [0.25, 0.3) is 0 Å². The molecular weight excluding hydrogens is 351 g/mol. The Balaban J connectivity index is 3.40. The minimum absolute atomic E-state index is 0.147. The molecule has 6 heteroatoms. The molecule has 0 spiro atoms. The predicted molar refractivity (Wildman–Crippen MR) is 105 cm³/mol. The molecule has 144 valence electrons. The van der Waals surface area contributed by atoms with Crippen LogP contribution in [0.25, 0.3) is 6.08 Å². The van der Waals surface area contributed by atoms with E-state index in [0.29, 0.717) is 23.2 Å². The molecule has 0 saturated carbocycles. The van der Waals surface area contributed by atoms with E-state index < -0.39 is 11.9 Å². The molecule has 27 heavy (non-hydrogen) atoms. The van der Waals surface area contributed by atoms with Crippen molar-refractivity contribution in [1.82, 2.24) is 5.32 Å². The molecule has 0 aliphatic heterocycles. The second-order valence-corrected chi connectivity index (χ2v) is 5.94. The van der Waals surface area contributed by atoms with E-state index in [0.717, 1.165) is 30.7 Å². The number of unbranched alkanes of at least 4 members (excludes halogenated alkanes) is 1. The number of nitrogens with zero attached hydrogens (tertiary/aromatic N) is 2. The smallest absolute Gasteiger partial charge is 0.358 e. The molecule has 0 heterocycles. The van der Waals surface area contributed by atoms with E-state index in [1.54, 1.807) is 30.2 Å². The number of hydrogen-bond acceptors (Lipinski definition) is 3. The monoisotopic (exact) mass is 375 g/mol. The average molecular weight is 375 g/mol. The molecule has 0 aliphatic carbocycles. The van der Waals surface area contributed by atoms with Crippen molar-refractivity contribution < 1.29 is 13.2 Å². The summed E-state index contributed by atoms with van der Waals surface area (Å²) < 4.78 is 39.3. The molecule has 0 aromatic heterocycles. The normalized spacial score (nSPS) is 11.5. The maximum Gasteiger partial charge on any atom is 0.431 e. The largest absolute Gasteiger partial charge is 0.431 e. The van der Waals surface area contributed by atoms with Crippen LogP contribution in [0.15, 0.2) is 55.5 Å². The van der Waals surface area contributed by atoms with Gasteiger partial charge in [-0.15, -0.1) is 0 Å². The lowest BCUT2D eigenvalue weighted by molar-refractivity contribution is -0.0954. The molecule has 0 aliphatic rings. The Morgan fingerprint density at radius 3 is 2.48 bits per heavy atom. The summed E-state index contributed by atoms with van der Waals surface area (Å²) in [7, 11) is 1.64. The molecular formula is C21H24F3N3. The quantitative estimate of drug-likeness (QED) is 0.565. The highest BCUT2D eigenvalue weighted by Gasteiger charge is 2.33. The van der Waals surface area contributed by atoms with Gasteiger partial charge >= 0.3 is 6.18 Å². The second-order valence-electron chi connectivity index (χ2n) is 5.94. The van der Waals surface area contributed by atoms with E-state index in [4.69, 9.17) is 0 Å². The van der Waals surface area contributed by atoms with Gasteiger partial charge in [-0.2, -0.15) is 18.4 Å². The molecule has 0 amide bonds. The van der Waals surface area contributed by atoms with Crippen LogP contribution in [0, 0.1) is 11.3 Å². The van der Waals surface area contributed by atoms with Crippen molar-refractivity contribution in [2.24, 2.45) is 0 Å². The Bertz CT molecular complexity index is 783. The number of anilines is 1. The zero-order valence-electron chi connectivity index (χ0n) is 15.7. The lowest BCUT2D eigenvalue weighted by Gasteiger charge is -2.25. The maximum atomic E-state index is 13.1. The van der Waals surface area contributed by atoms with E-state index in [1.165, 1.54) is 0 Å². The molecule has 0 atom stereocenters. The zero-order valence-corrected chi connectivity index (χ0v) is 15.7. The van der Waals surface area contributed by atoms with Crippen LogP contribution in [0.3, 0.4) is 0 Å². The van der Waals surface area contributed by atoms with E-state index in [-0.39, 0.29) is 5.70 Å². The highest BCUT2D eigenvalue weighted by Crippen LogP contribution is 2.30. The van der Waals surface area contributed by atoms with Gasteiger partial charge in [-0.1, -0.05) is 39.2 Å². The molecule has 0 saturated heterocycles. The van der Waals surface area contributed by atoms with Crippen molar-refractivity contribution in [3.8, 4) is 6.07 Å². The van der Waals surface area contributed by atoms with Crippen LogP contribution in [-0.4, -0.2) is 13.2 Å². The van der Waals surface area contributed by atoms with Gasteiger partial charge in [-0.05, 0) is 48.4 Å². The standard InChI is InChI=1S/C21H24F3N3/c1-6-9-10-17-12-18(14-25)16(7-2)13-19(17)27(5)15(4)11-20(26-8-3)21(22,23)24/h7-8,11-13,26H,2-4,6,9-10H2,1,5H3/b20-11-. The third kappa shape index (κ3) is 5.78. The number of aryl methyl sites for hydroxylation is 1. The molecule has 0 bridgehead atoms. The molecule has 0 unspecified atom stereocenters. The molecule has 0 fully saturated rings. The summed E-state index contributed by atoms with van der Waals surface area (Å²) in [5, 5.41) is 11.4. The zero-order chi connectivity index (χ0) is 20.6. The highest BCUT2D eigenvalue weighted by atomic mass is 19.4. The van der Waals surface area contributed by atoms with Gasteiger partial charge in [0.2, 0.25) is 0 Å². The van der Waals surface area contributed by atoms with Crippen molar-refractivity contribution >= 4 is 11.8 Å². The van der Waals surface area contributed by atoms with Crippen LogP contribution >= 0.6 is 0 Å². The van der Waals surface area contributed by atoms with Crippen LogP contribution in [0.5, 0.6) is 0 Å². The van der Waals surface area contributed by atoms with Crippen molar-refractivity contribution in [3.63, 3.8) is 0 Å². The minimum Gasteiger partial charge on any atom is -0.358 e. The van der Waals surface area contributed by atoms with Crippen molar-refractivity contribution in [2.75, 3.05) is 11.9 Å². The number of hydrogen-bond donors (Lipinski definition) is 1. The van der Waals surface area contributed by atoms with Gasteiger partial charge in [-0.25, -0.2) is 0 Å². The summed E-state index contributed by atoms with van der Waals surface area (Å²) in [4.78, 5) is 1.58. The first kappa shape index (κ1) is 22.1. The van der Waals surface area contributed by atoms with Crippen LogP contribution in [0.4, 0.5) is 18.9 Å². The number of halogens is 3. The van der Waals surface area contributed by atoms with E-state index in [2.05, 4.69) is 31.1 Å². The Kier molecular flexibility index (Phi) is 7.92. The summed E-state index contributed by atoms with van der Waals surface area (Å²) in [6.45, 7) is 12.8. The number of alkyl halides is 3. The van der Waals surface area contributed by atoms with Gasteiger partial charge in [0.05, 0.1) is 11.6 Å². The fraction of sp³-hybridized carbons (Fsp3) is 0.286. The average Bonchev–Trinajstić information content (AvgIpc) is 2.63. The molecule has 3 nitrogen and oxygen atoms in total. The fourth-order valence-corrected chi connectivity index (χ4v) is 2.53. The Morgan fingerprint density at radius 2 is 2.00 bits per heavy atom. The lowest BCUT2D eigenvalue weighted by Crippen LogP contribution is -2.25. The van der Waals surface area contributed by atoms with Gasteiger partial charge in [0, 0.05) is 18.4 Å². The highest BCUT2D eigenvalue weighted by molar-refractivity contribution is 5.69. The topological polar surface area (TPSA) is 39.1 Å². The van der Waals surface area contributed by atoms with Gasteiger partial charge in [0.15, 0.2) is 0 Å². The molecule has 1 aromatic rings. The third-order valence-corrected chi connectivity index (χ3v) is 4.06. The number of nitrogens with one attached hydrogen (secondary N) is 1.